The number of benzene rings is 2. The number of aliphatic carboxylic acids is 1. The normalized spacial score (nSPS) is 11.7. The van der Waals surface area contributed by atoms with Crippen LogP contribution in [0.4, 0.5) is 0 Å². The summed E-state index contributed by atoms with van der Waals surface area (Å²) >= 11 is 5.82. The van der Waals surface area contributed by atoms with Gasteiger partial charge >= 0.3 is 5.97 Å². The van der Waals surface area contributed by atoms with E-state index in [0.29, 0.717) is 16.3 Å². The van der Waals surface area contributed by atoms with Crippen LogP contribution in [0.2, 0.25) is 5.02 Å². The molecule has 1 atom stereocenters. The lowest BCUT2D eigenvalue weighted by molar-refractivity contribution is -0.141. The number of halogens is 1. The van der Waals surface area contributed by atoms with Crippen LogP contribution in [0.25, 0.3) is 0 Å². The lowest BCUT2D eigenvalue weighted by Crippen LogP contribution is -2.20. The zero-order valence-corrected chi connectivity index (χ0v) is 13.4. The average Bonchev–Trinajstić information content (AvgIpc) is 2.56. The summed E-state index contributed by atoms with van der Waals surface area (Å²) in [5.41, 5.74) is 1.32. The summed E-state index contributed by atoms with van der Waals surface area (Å²) < 4.78 is 5.04. The predicted molar refractivity (Wildman–Crippen MR) is 88.2 cm³/mol. The number of carbonyl (C=O) groups excluding carboxylic acids is 1. The molecule has 1 N–H and O–H groups in total. The molecule has 0 aliphatic carbocycles. The quantitative estimate of drug-likeness (QED) is 0.782. The molecule has 2 rings (SSSR count). The number of hydrogen-bond donors (Lipinski definition) is 1. The maximum absolute atomic E-state index is 12.3. The first kappa shape index (κ1) is 17.0. The fourth-order valence-corrected chi connectivity index (χ4v) is 2.40. The standard InChI is InChI=1S/C18H17ClO4/c1-23-16-8-4-13(5-9-16)17(20)11-14(18(21)22)10-12-2-6-15(19)7-3-12/h2-9,14H,10-11H2,1H3,(H,21,22). The summed E-state index contributed by atoms with van der Waals surface area (Å²) in [6.07, 6.45) is 0.235. The van der Waals surface area contributed by atoms with Crippen LogP contribution in [0.15, 0.2) is 48.5 Å². The Bertz CT molecular complexity index is 677. The Morgan fingerprint density at radius 2 is 1.70 bits per heavy atom. The molecule has 0 saturated heterocycles. The van der Waals surface area contributed by atoms with Gasteiger partial charge in [-0.3, -0.25) is 9.59 Å². The predicted octanol–water partition coefficient (Wildman–Crippen LogP) is 3.86. The van der Waals surface area contributed by atoms with E-state index in [1.54, 1.807) is 55.6 Å². The van der Waals surface area contributed by atoms with Crippen molar-refractivity contribution in [1.29, 1.82) is 0 Å². The molecule has 4 nitrogen and oxygen atoms in total. The van der Waals surface area contributed by atoms with Gasteiger partial charge in [0.1, 0.15) is 5.75 Å². The van der Waals surface area contributed by atoms with Gasteiger partial charge in [0.05, 0.1) is 13.0 Å². The van der Waals surface area contributed by atoms with Crippen LogP contribution in [0.3, 0.4) is 0 Å². The first-order chi connectivity index (χ1) is 11.0. The third kappa shape index (κ3) is 4.83. The third-order valence-electron chi connectivity index (χ3n) is 3.59. The zero-order chi connectivity index (χ0) is 16.8. The molecule has 0 spiro atoms. The molecule has 0 saturated carbocycles. The van der Waals surface area contributed by atoms with Crippen LogP contribution in [-0.2, 0) is 11.2 Å². The molecule has 0 aliphatic rings. The molecule has 0 heterocycles. The number of hydrogen-bond acceptors (Lipinski definition) is 3. The van der Waals surface area contributed by atoms with Crippen molar-refractivity contribution in [3.05, 3.63) is 64.7 Å². The number of carboxylic acid groups (broad SMARTS) is 1. The van der Waals surface area contributed by atoms with Crippen LogP contribution >= 0.6 is 11.6 Å². The second-order valence-corrected chi connectivity index (χ2v) is 5.66. The van der Waals surface area contributed by atoms with E-state index < -0.39 is 11.9 Å². The Balaban J connectivity index is 2.07. The van der Waals surface area contributed by atoms with Gasteiger partial charge in [0.15, 0.2) is 5.78 Å². The number of methoxy groups -OCH3 is 1. The maximum atomic E-state index is 12.3. The Kier molecular flexibility index (Phi) is 5.77. The minimum Gasteiger partial charge on any atom is -0.497 e. The van der Waals surface area contributed by atoms with Crippen molar-refractivity contribution in [3.63, 3.8) is 0 Å². The van der Waals surface area contributed by atoms with Gasteiger partial charge in [-0.05, 0) is 48.4 Å². The van der Waals surface area contributed by atoms with E-state index in [9.17, 15) is 14.7 Å². The molecule has 2 aromatic rings. The summed E-state index contributed by atoms with van der Waals surface area (Å²) in [5, 5.41) is 9.96. The summed E-state index contributed by atoms with van der Waals surface area (Å²) in [6, 6.07) is 13.6. The van der Waals surface area contributed by atoms with E-state index >= 15 is 0 Å². The van der Waals surface area contributed by atoms with E-state index in [4.69, 9.17) is 16.3 Å². The van der Waals surface area contributed by atoms with Crippen LogP contribution in [0.5, 0.6) is 5.75 Å². The molecule has 0 radical (unpaired) electrons. The smallest absolute Gasteiger partial charge is 0.307 e. The van der Waals surface area contributed by atoms with Crippen molar-refractivity contribution in [2.75, 3.05) is 7.11 Å². The number of ketones is 1. The van der Waals surface area contributed by atoms with Crippen molar-refractivity contribution in [2.45, 2.75) is 12.8 Å². The van der Waals surface area contributed by atoms with Gasteiger partial charge in [-0.2, -0.15) is 0 Å². The van der Waals surface area contributed by atoms with Crippen LogP contribution in [-0.4, -0.2) is 24.0 Å². The SMILES string of the molecule is COc1ccc(C(=O)CC(Cc2ccc(Cl)cc2)C(=O)O)cc1. The fourth-order valence-electron chi connectivity index (χ4n) is 2.27. The van der Waals surface area contributed by atoms with E-state index in [1.807, 2.05) is 0 Å². The number of rotatable bonds is 7. The fraction of sp³-hybridized carbons (Fsp3) is 0.222. The molecule has 5 heteroatoms. The van der Waals surface area contributed by atoms with Gasteiger partial charge in [-0.1, -0.05) is 23.7 Å². The van der Waals surface area contributed by atoms with Crippen molar-refractivity contribution in [2.24, 2.45) is 5.92 Å². The minimum atomic E-state index is -0.984. The number of Topliss-reactive ketones (excluding diaryl/α,β-unsaturated/α-hetero) is 1. The van der Waals surface area contributed by atoms with Gasteiger partial charge < -0.3 is 9.84 Å². The number of carboxylic acids is 1. The van der Waals surface area contributed by atoms with Gasteiger partial charge in [-0.15, -0.1) is 0 Å². The Labute approximate surface area is 139 Å². The average molecular weight is 333 g/mol. The second-order valence-electron chi connectivity index (χ2n) is 5.22. The highest BCUT2D eigenvalue weighted by atomic mass is 35.5. The first-order valence-electron chi connectivity index (χ1n) is 7.14. The Morgan fingerprint density at radius 1 is 1.09 bits per heavy atom. The van der Waals surface area contributed by atoms with Crippen molar-refractivity contribution < 1.29 is 19.4 Å². The molecule has 120 valence electrons. The number of carbonyl (C=O) groups is 2. The van der Waals surface area contributed by atoms with E-state index in [2.05, 4.69) is 0 Å². The third-order valence-corrected chi connectivity index (χ3v) is 3.84. The highest BCUT2D eigenvalue weighted by Crippen LogP contribution is 2.19. The van der Waals surface area contributed by atoms with Gasteiger partial charge in [0.25, 0.3) is 0 Å². The van der Waals surface area contributed by atoms with Crippen LogP contribution < -0.4 is 4.74 Å². The van der Waals surface area contributed by atoms with E-state index in [0.717, 1.165) is 5.56 Å². The van der Waals surface area contributed by atoms with E-state index in [1.165, 1.54) is 0 Å². The highest BCUT2D eigenvalue weighted by molar-refractivity contribution is 6.30. The molecule has 0 amide bonds. The molecule has 1 unspecified atom stereocenters. The van der Waals surface area contributed by atoms with Crippen LogP contribution in [0.1, 0.15) is 22.3 Å². The lowest BCUT2D eigenvalue weighted by Gasteiger charge is -2.12. The summed E-state index contributed by atoms with van der Waals surface area (Å²) in [5.74, 6) is -1.31. The first-order valence-corrected chi connectivity index (χ1v) is 7.52. The molecular weight excluding hydrogens is 316 g/mol. The molecule has 23 heavy (non-hydrogen) atoms. The van der Waals surface area contributed by atoms with Gasteiger partial charge in [-0.25, -0.2) is 0 Å². The molecule has 0 aliphatic heterocycles. The van der Waals surface area contributed by atoms with Crippen LogP contribution in [0, 0.1) is 5.92 Å². The molecule has 0 aromatic heterocycles. The minimum absolute atomic E-state index is 0.0513. The number of ether oxygens (including phenoxy) is 1. The Hall–Kier alpha value is -2.33. The van der Waals surface area contributed by atoms with E-state index in [-0.39, 0.29) is 18.6 Å². The Morgan fingerprint density at radius 3 is 2.22 bits per heavy atom. The summed E-state index contributed by atoms with van der Waals surface area (Å²) in [4.78, 5) is 23.7. The van der Waals surface area contributed by atoms with Crippen molar-refractivity contribution >= 4 is 23.4 Å². The largest absolute Gasteiger partial charge is 0.497 e. The molecule has 2 aromatic carbocycles. The second kappa shape index (κ2) is 7.79. The summed E-state index contributed by atoms with van der Waals surface area (Å²) in [7, 11) is 1.55. The molecule has 0 bridgehead atoms. The topological polar surface area (TPSA) is 63.6 Å². The maximum Gasteiger partial charge on any atom is 0.307 e. The zero-order valence-electron chi connectivity index (χ0n) is 12.7. The van der Waals surface area contributed by atoms with Gasteiger partial charge in [0.2, 0.25) is 0 Å². The van der Waals surface area contributed by atoms with Gasteiger partial charge in [0, 0.05) is 17.0 Å². The van der Waals surface area contributed by atoms with Crippen molar-refractivity contribution in [3.8, 4) is 5.75 Å². The molecular formula is C18H17ClO4. The monoisotopic (exact) mass is 332 g/mol. The lowest BCUT2D eigenvalue weighted by atomic mass is 9.92. The molecule has 0 fully saturated rings. The van der Waals surface area contributed by atoms with Crippen molar-refractivity contribution in [1.82, 2.24) is 0 Å². The highest BCUT2D eigenvalue weighted by Gasteiger charge is 2.22. The summed E-state index contributed by atoms with van der Waals surface area (Å²) in [6.45, 7) is 0.